The fraction of sp³-hybridized carbons (Fsp3) is 0.161. The number of benzene rings is 2. The van der Waals surface area contributed by atoms with Gasteiger partial charge in [-0.2, -0.15) is 0 Å². The molecule has 9 rings (SSSR count). The van der Waals surface area contributed by atoms with Crippen molar-refractivity contribution in [3.05, 3.63) is 156 Å². The number of rotatable bonds is 5. The summed E-state index contributed by atoms with van der Waals surface area (Å²) < 4.78 is 12.7. The monoisotopic (exact) mass is 589 g/mol. The Morgan fingerprint density at radius 2 is 1.20 bits per heavy atom. The Kier molecular flexibility index (Phi) is 5.41. The summed E-state index contributed by atoms with van der Waals surface area (Å²) in [5.74, 6) is -0.168. The minimum atomic E-state index is -1.26. The predicted molar refractivity (Wildman–Crippen MR) is 156 cm³/mol. The van der Waals surface area contributed by atoms with E-state index in [0.29, 0.717) is 22.7 Å². The van der Waals surface area contributed by atoms with E-state index in [-0.39, 0.29) is 5.69 Å². The predicted octanol–water partition coefficient (Wildman–Crippen LogP) is 1.55. The second-order valence-corrected chi connectivity index (χ2v) is 10.6. The molecule has 0 saturated heterocycles. The van der Waals surface area contributed by atoms with Crippen LogP contribution < -0.4 is 22.8 Å². The van der Waals surface area contributed by atoms with Crippen molar-refractivity contribution in [2.75, 3.05) is 7.11 Å². The summed E-state index contributed by atoms with van der Waals surface area (Å²) in [5, 5.41) is 0. The molecule has 5 aromatic rings. The number of allylic oxidation sites excluding steroid dienone is 4. The molecule has 3 aromatic heterocycles. The molecular formula is C31H23N7O6. The number of ketones is 1. The molecule has 3 aliphatic heterocycles. The van der Waals surface area contributed by atoms with E-state index < -0.39 is 52.7 Å². The van der Waals surface area contributed by atoms with Crippen LogP contribution in [0.25, 0.3) is 11.4 Å². The number of carbonyl (C=O) groups excluding carboxylic acids is 1. The summed E-state index contributed by atoms with van der Waals surface area (Å²) >= 11 is 0. The van der Waals surface area contributed by atoms with Crippen molar-refractivity contribution in [3.8, 4) is 11.4 Å². The molecule has 4 aliphatic rings. The van der Waals surface area contributed by atoms with Crippen molar-refractivity contribution < 1.29 is 9.53 Å². The molecule has 2 aromatic carbocycles. The van der Waals surface area contributed by atoms with E-state index >= 15 is 0 Å². The Labute approximate surface area is 247 Å². The lowest BCUT2D eigenvalue weighted by molar-refractivity contribution is 0.0866. The van der Waals surface area contributed by atoms with Crippen molar-refractivity contribution in [1.29, 1.82) is 0 Å². The lowest BCUT2D eigenvalue weighted by atomic mass is 9.81. The summed E-state index contributed by atoms with van der Waals surface area (Å²) in [5.41, 5.74) is -1.37. The van der Waals surface area contributed by atoms with Crippen molar-refractivity contribution in [1.82, 2.24) is 32.8 Å². The van der Waals surface area contributed by atoms with Gasteiger partial charge in [0.2, 0.25) is 5.78 Å². The molecule has 13 heteroatoms. The maximum Gasteiger partial charge on any atom is 0.352 e. The number of hydrogen-bond acceptors (Lipinski definition) is 7. The van der Waals surface area contributed by atoms with Gasteiger partial charge in [-0.05, 0) is 54.1 Å². The highest BCUT2D eigenvalue weighted by atomic mass is 16.5. The average Bonchev–Trinajstić information content (AvgIpc) is 3.50. The van der Waals surface area contributed by atoms with Crippen LogP contribution in [0.1, 0.15) is 34.7 Å². The number of para-hydroxylation sites is 2. The summed E-state index contributed by atoms with van der Waals surface area (Å²) in [7, 11) is 1.44. The van der Waals surface area contributed by atoms with Gasteiger partial charge >= 0.3 is 22.8 Å². The SMILES string of the molecule is COC1=C[C@H]2C3=CC(C(=O)c4ccccn4)n4c(=O)n(-c5ccccc5)c(=O)n4C3[C@@H]1n1c(=O)n(-c3ccccc3)c(=O)n12. The van der Waals surface area contributed by atoms with E-state index in [2.05, 4.69) is 4.98 Å². The van der Waals surface area contributed by atoms with E-state index in [1.165, 1.54) is 33.4 Å². The first-order valence-electron chi connectivity index (χ1n) is 13.9. The topological polar surface area (TPSA) is 137 Å². The lowest BCUT2D eigenvalue weighted by Crippen LogP contribution is -2.53. The van der Waals surface area contributed by atoms with E-state index in [4.69, 9.17) is 4.74 Å². The van der Waals surface area contributed by atoms with Crippen molar-refractivity contribution in [2.45, 2.75) is 24.2 Å². The van der Waals surface area contributed by atoms with Crippen LogP contribution in [0.2, 0.25) is 0 Å². The number of hydrogen-bond donors (Lipinski definition) is 0. The zero-order valence-corrected chi connectivity index (χ0v) is 23.1. The van der Waals surface area contributed by atoms with Gasteiger partial charge in [0.15, 0.2) is 0 Å². The molecule has 0 saturated carbocycles. The Morgan fingerprint density at radius 3 is 1.77 bits per heavy atom. The van der Waals surface area contributed by atoms with Crippen molar-refractivity contribution in [2.24, 2.45) is 0 Å². The van der Waals surface area contributed by atoms with Gasteiger partial charge in [0.1, 0.15) is 35.6 Å². The molecule has 6 heterocycles. The number of pyridine rings is 1. The zero-order chi connectivity index (χ0) is 30.3. The third-order valence-corrected chi connectivity index (χ3v) is 8.46. The van der Waals surface area contributed by atoms with Crippen LogP contribution in [0.5, 0.6) is 0 Å². The maximum atomic E-state index is 14.3. The standard InChI is InChI=1S/C31H23N7O6/c1-44-24-17-22-20-16-23(27(39)21-14-8-9-15-32-21)36-29(41)34(19-12-6-3-7-13-19)30(42)37(36)25(20)26(24)38-31(43)33(28(40)35(22)38)18-10-4-2-5-11-18/h2-17,22-23,25-26H,1H3/t22-,23?,25?,26+/m0/s1. The van der Waals surface area contributed by atoms with Crippen LogP contribution in [0.3, 0.4) is 0 Å². The molecular weight excluding hydrogens is 566 g/mol. The lowest BCUT2D eigenvalue weighted by Gasteiger charge is -2.46. The number of methoxy groups -OCH3 is 1. The third kappa shape index (κ3) is 3.28. The molecule has 0 amide bonds. The van der Waals surface area contributed by atoms with Gasteiger partial charge in [0.25, 0.3) is 0 Å². The molecule has 1 aliphatic carbocycles. The van der Waals surface area contributed by atoms with Crippen LogP contribution in [0.4, 0.5) is 0 Å². The van der Waals surface area contributed by atoms with Gasteiger partial charge in [0.05, 0.1) is 18.5 Å². The second-order valence-electron chi connectivity index (χ2n) is 10.6. The molecule has 0 spiro atoms. The van der Waals surface area contributed by atoms with Crippen LogP contribution in [0, 0.1) is 0 Å². The third-order valence-electron chi connectivity index (χ3n) is 8.46. The van der Waals surface area contributed by atoms with Crippen LogP contribution >= 0.6 is 0 Å². The van der Waals surface area contributed by atoms with Gasteiger partial charge in [-0.15, -0.1) is 0 Å². The number of carbonyl (C=O) groups is 1. The first-order chi connectivity index (χ1) is 21.4. The minimum absolute atomic E-state index is 0.101. The highest BCUT2D eigenvalue weighted by Gasteiger charge is 2.53. The molecule has 218 valence electrons. The summed E-state index contributed by atoms with van der Waals surface area (Å²) in [6, 6.07) is 17.6. The quantitative estimate of drug-likeness (QED) is 0.224. The molecule has 0 radical (unpaired) electrons. The summed E-state index contributed by atoms with van der Waals surface area (Å²) in [6.45, 7) is 0. The van der Waals surface area contributed by atoms with Crippen LogP contribution in [0.15, 0.2) is 128 Å². The van der Waals surface area contributed by atoms with Gasteiger partial charge in [0, 0.05) is 6.20 Å². The van der Waals surface area contributed by atoms with E-state index in [1.807, 2.05) is 0 Å². The van der Waals surface area contributed by atoms with Gasteiger partial charge < -0.3 is 4.74 Å². The summed E-state index contributed by atoms with van der Waals surface area (Å²) in [6.07, 6.45) is 4.79. The van der Waals surface area contributed by atoms with E-state index in [0.717, 1.165) is 13.8 Å². The van der Waals surface area contributed by atoms with Gasteiger partial charge in [-0.1, -0.05) is 42.5 Å². The normalized spacial score (nSPS) is 21.1. The molecule has 44 heavy (non-hydrogen) atoms. The smallest absolute Gasteiger partial charge is 0.352 e. The number of nitrogens with zero attached hydrogens (tertiary/aromatic N) is 7. The fourth-order valence-electron chi connectivity index (χ4n) is 6.64. The molecule has 13 nitrogen and oxygen atoms in total. The maximum absolute atomic E-state index is 14.3. The van der Waals surface area contributed by atoms with Gasteiger partial charge in [-0.25, -0.2) is 47.0 Å². The first-order valence-corrected chi connectivity index (χ1v) is 13.9. The van der Waals surface area contributed by atoms with Gasteiger partial charge in [-0.3, -0.25) is 9.78 Å². The second kappa shape index (κ2) is 9.26. The zero-order valence-electron chi connectivity index (χ0n) is 23.1. The number of Topliss-reactive ketones (excluding diaryl/α,β-unsaturated/α-hetero) is 1. The number of fused-ring (bicyclic) bond motifs is 1. The molecule has 2 bridgehead atoms. The Bertz CT molecular complexity index is 2280. The van der Waals surface area contributed by atoms with E-state index in [9.17, 15) is 24.0 Å². The molecule has 0 N–H and O–H groups in total. The van der Waals surface area contributed by atoms with Crippen LogP contribution in [-0.4, -0.2) is 45.7 Å². The first kappa shape index (κ1) is 25.7. The highest BCUT2D eigenvalue weighted by molar-refractivity contribution is 5.98. The largest absolute Gasteiger partial charge is 0.499 e. The fourth-order valence-corrected chi connectivity index (χ4v) is 6.64. The van der Waals surface area contributed by atoms with Crippen molar-refractivity contribution >= 4 is 5.78 Å². The molecule has 0 fully saturated rings. The van der Waals surface area contributed by atoms with Crippen LogP contribution in [-0.2, 0) is 4.74 Å². The van der Waals surface area contributed by atoms with E-state index in [1.54, 1.807) is 84.9 Å². The Hall–Kier alpha value is -5.98. The minimum Gasteiger partial charge on any atom is -0.499 e. The Morgan fingerprint density at radius 1 is 0.659 bits per heavy atom. The highest BCUT2D eigenvalue weighted by Crippen LogP contribution is 2.51. The summed E-state index contributed by atoms with van der Waals surface area (Å²) in [4.78, 5) is 74.4. The molecule has 2 unspecified atom stereocenters. The average molecular weight is 590 g/mol. The number of ether oxygens (including phenoxy) is 1. The number of aromatic nitrogens is 7. The Balaban J connectivity index is 1.44. The van der Waals surface area contributed by atoms with Crippen molar-refractivity contribution in [3.63, 3.8) is 0 Å². The molecule has 4 atom stereocenters.